The lowest BCUT2D eigenvalue weighted by atomic mass is 10.2. The number of carbonyl (C=O) groups is 2. The largest absolute Gasteiger partial charge is 0.366 e. The van der Waals surface area contributed by atoms with E-state index in [1.54, 1.807) is 24.3 Å². The van der Waals surface area contributed by atoms with Gasteiger partial charge in [-0.1, -0.05) is 12.1 Å². The van der Waals surface area contributed by atoms with Gasteiger partial charge in [0.25, 0.3) is 5.56 Å². The number of nitrogens with one attached hydrogen (secondary N) is 2. The van der Waals surface area contributed by atoms with Crippen molar-refractivity contribution in [2.75, 3.05) is 5.32 Å². The fraction of sp³-hybridized carbons (Fsp3) is 0.0588. The maximum absolute atomic E-state index is 12.4. The molecule has 1 heterocycles. The average molecular weight is 338 g/mol. The minimum atomic E-state index is -0.664. The molecule has 3 aromatic rings. The van der Waals surface area contributed by atoms with Gasteiger partial charge in [-0.15, -0.1) is 0 Å². The van der Waals surface area contributed by atoms with Crippen molar-refractivity contribution < 1.29 is 9.59 Å². The summed E-state index contributed by atoms with van der Waals surface area (Å²) >= 11 is 0. The molecule has 0 saturated carbocycles. The van der Waals surface area contributed by atoms with Crippen molar-refractivity contribution in [2.24, 2.45) is 5.73 Å². The Morgan fingerprint density at radius 2 is 1.72 bits per heavy atom. The van der Waals surface area contributed by atoms with Crippen LogP contribution in [0.3, 0.4) is 0 Å². The van der Waals surface area contributed by atoms with E-state index >= 15 is 0 Å². The lowest BCUT2D eigenvalue weighted by molar-refractivity contribution is -0.116. The Balaban J connectivity index is 1.83. The van der Waals surface area contributed by atoms with E-state index in [-0.39, 0.29) is 0 Å². The van der Waals surface area contributed by atoms with E-state index in [0.717, 1.165) is 4.57 Å². The highest BCUT2D eigenvalue weighted by atomic mass is 16.2. The Labute approximate surface area is 140 Å². The first-order valence-corrected chi connectivity index (χ1v) is 7.37. The fourth-order valence-corrected chi connectivity index (χ4v) is 2.40. The number of benzene rings is 2. The van der Waals surface area contributed by atoms with Crippen LogP contribution < -0.4 is 22.3 Å². The van der Waals surface area contributed by atoms with Crippen LogP contribution in [0.25, 0.3) is 10.9 Å². The number of hydrogen-bond donors (Lipinski definition) is 3. The SMILES string of the molecule is NC(=O)c1ccc(NC(=O)Cn2c(=O)[nH]c3ccccc3c2=O)cc1. The quantitative estimate of drug-likeness (QED) is 0.637. The Morgan fingerprint density at radius 1 is 1.04 bits per heavy atom. The van der Waals surface area contributed by atoms with Crippen molar-refractivity contribution in [3.05, 3.63) is 74.9 Å². The number of aromatic amines is 1. The van der Waals surface area contributed by atoms with Gasteiger partial charge in [-0.25, -0.2) is 4.79 Å². The van der Waals surface area contributed by atoms with Gasteiger partial charge in [-0.2, -0.15) is 0 Å². The predicted molar refractivity (Wildman–Crippen MR) is 92.4 cm³/mol. The van der Waals surface area contributed by atoms with E-state index in [9.17, 15) is 19.2 Å². The molecule has 2 amide bonds. The minimum Gasteiger partial charge on any atom is -0.366 e. The van der Waals surface area contributed by atoms with Gasteiger partial charge in [-0.05, 0) is 36.4 Å². The molecular weight excluding hydrogens is 324 g/mol. The zero-order valence-electron chi connectivity index (χ0n) is 13.0. The molecule has 0 radical (unpaired) electrons. The predicted octanol–water partition coefficient (Wildman–Crippen LogP) is 0.427. The van der Waals surface area contributed by atoms with E-state index in [0.29, 0.717) is 22.2 Å². The molecule has 126 valence electrons. The van der Waals surface area contributed by atoms with Gasteiger partial charge in [-0.3, -0.25) is 19.0 Å². The number of anilines is 1. The van der Waals surface area contributed by atoms with E-state index < -0.39 is 29.6 Å². The third-order valence-electron chi connectivity index (χ3n) is 3.64. The highest BCUT2D eigenvalue weighted by Crippen LogP contribution is 2.09. The molecule has 1 aromatic heterocycles. The summed E-state index contributed by atoms with van der Waals surface area (Å²) in [7, 11) is 0. The van der Waals surface area contributed by atoms with Crippen LogP contribution in [-0.2, 0) is 11.3 Å². The number of carbonyl (C=O) groups excluding carboxylic acids is 2. The van der Waals surface area contributed by atoms with Crippen LogP contribution in [0.1, 0.15) is 10.4 Å². The molecule has 8 heteroatoms. The van der Waals surface area contributed by atoms with Gasteiger partial charge in [0.2, 0.25) is 11.8 Å². The standard InChI is InChI=1S/C17H14N4O4/c18-15(23)10-5-7-11(8-6-10)19-14(22)9-21-16(24)12-3-1-2-4-13(12)20-17(21)25/h1-8H,9H2,(H2,18,23)(H,19,22)(H,20,25). The molecule has 0 aliphatic carbocycles. The van der Waals surface area contributed by atoms with E-state index in [1.807, 2.05) is 0 Å². The van der Waals surface area contributed by atoms with E-state index in [2.05, 4.69) is 10.3 Å². The summed E-state index contributed by atoms with van der Waals surface area (Å²) in [6.45, 7) is -0.434. The van der Waals surface area contributed by atoms with Crippen LogP contribution in [0.5, 0.6) is 0 Å². The molecule has 8 nitrogen and oxygen atoms in total. The first-order chi connectivity index (χ1) is 12.0. The summed E-state index contributed by atoms with van der Waals surface area (Å²) in [5.41, 5.74) is 5.07. The molecule has 0 unspecified atom stereocenters. The van der Waals surface area contributed by atoms with E-state index in [1.165, 1.54) is 24.3 Å². The van der Waals surface area contributed by atoms with Crippen molar-refractivity contribution in [3.8, 4) is 0 Å². The molecular formula is C17H14N4O4. The minimum absolute atomic E-state index is 0.306. The van der Waals surface area contributed by atoms with Crippen LogP contribution >= 0.6 is 0 Å². The fourth-order valence-electron chi connectivity index (χ4n) is 2.40. The lowest BCUT2D eigenvalue weighted by Crippen LogP contribution is -2.38. The number of primary amides is 1. The molecule has 0 bridgehead atoms. The normalized spacial score (nSPS) is 10.6. The molecule has 3 rings (SSSR count). The van der Waals surface area contributed by atoms with Crippen LogP contribution in [-0.4, -0.2) is 21.4 Å². The number of H-pyrrole nitrogens is 1. The van der Waals surface area contributed by atoms with Crippen molar-refractivity contribution in [2.45, 2.75) is 6.54 Å². The Bertz CT molecular complexity index is 1080. The molecule has 0 fully saturated rings. The molecule has 25 heavy (non-hydrogen) atoms. The van der Waals surface area contributed by atoms with Crippen LogP contribution in [0, 0.1) is 0 Å². The molecule has 0 atom stereocenters. The van der Waals surface area contributed by atoms with Gasteiger partial charge in [0, 0.05) is 11.3 Å². The van der Waals surface area contributed by atoms with Crippen molar-refractivity contribution in [3.63, 3.8) is 0 Å². The Kier molecular flexibility index (Phi) is 4.17. The molecule has 4 N–H and O–H groups in total. The third kappa shape index (κ3) is 3.32. The van der Waals surface area contributed by atoms with Crippen molar-refractivity contribution in [1.82, 2.24) is 9.55 Å². The monoisotopic (exact) mass is 338 g/mol. The summed E-state index contributed by atoms with van der Waals surface area (Å²) in [6, 6.07) is 12.5. The smallest absolute Gasteiger partial charge is 0.329 e. The molecule has 0 aliphatic heterocycles. The van der Waals surface area contributed by atoms with Gasteiger partial charge >= 0.3 is 5.69 Å². The topological polar surface area (TPSA) is 127 Å². The zero-order chi connectivity index (χ0) is 18.0. The summed E-state index contributed by atoms with van der Waals surface area (Å²) in [5, 5.41) is 2.88. The van der Waals surface area contributed by atoms with Crippen molar-refractivity contribution in [1.29, 1.82) is 0 Å². The Hall–Kier alpha value is -3.68. The Morgan fingerprint density at radius 3 is 2.40 bits per heavy atom. The van der Waals surface area contributed by atoms with Gasteiger partial charge in [0.1, 0.15) is 6.54 Å². The third-order valence-corrected chi connectivity index (χ3v) is 3.64. The number of rotatable bonds is 4. The summed E-state index contributed by atoms with van der Waals surface area (Å²) in [6.07, 6.45) is 0. The molecule has 0 spiro atoms. The van der Waals surface area contributed by atoms with Gasteiger partial charge in [0.05, 0.1) is 10.9 Å². The average Bonchev–Trinajstić information content (AvgIpc) is 2.59. The van der Waals surface area contributed by atoms with Crippen LogP contribution in [0.2, 0.25) is 0 Å². The van der Waals surface area contributed by atoms with Gasteiger partial charge < -0.3 is 16.0 Å². The van der Waals surface area contributed by atoms with Crippen LogP contribution in [0.15, 0.2) is 58.1 Å². The number of amides is 2. The molecule has 0 saturated heterocycles. The molecule has 0 aliphatic rings. The van der Waals surface area contributed by atoms with Gasteiger partial charge in [0.15, 0.2) is 0 Å². The number of fused-ring (bicyclic) bond motifs is 1. The number of nitrogens with two attached hydrogens (primary N) is 1. The van der Waals surface area contributed by atoms with Crippen molar-refractivity contribution >= 4 is 28.4 Å². The second kappa shape index (κ2) is 6.44. The molecule has 2 aromatic carbocycles. The number of para-hydroxylation sites is 1. The number of aromatic nitrogens is 2. The summed E-state index contributed by atoms with van der Waals surface area (Å²) in [5.74, 6) is -1.12. The maximum Gasteiger partial charge on any atom is 0.329 e. The number of nitrogens with zero attached hydrogens (tertiary/aromatic N) is 1. The zero-order valence-corrected chi connectivity index (χ0v) is 13.0. The first kappa shape index (κ1) is 16.2. The second-order valence-electron chi connectivity index (χ2n) is 5.36. The second-order valence-corrected chi connectivity index (χ2v) is 5.36. The lowest BCUT2D eigenvalue weighted by Gasteiger charge is -2.08. The summed E-state index contributed by atoms with van der Waals surface area (Å²) in [4.78, 5) is 50.1. The first-order valence-electron chi connectivity index (χ1n) is 7.37. The maximum atomic E-state index is 12.4. The number of hydrogen-bond acceptors (Lipinski definition) is 4. The summed E-state index contributed by atoms with van der Waals surface area (Å²) < 4.78 is 0.829. The van der Waals surface area contributed by atoms with E-state index in [4.69, 9.17) is 5.73 Å². The highest BCUT2D eigenvalue weighted by molar-refractivity contribution is 5.94. The van der Waals surface area contributed by atoms with Crippen LogP contribution in [0.4, 0.5) is 5.69 Å². The highest BCUT2D eigenvalue weighted by Gasteiger charge is 2.11.